The van der Waals surface area contributed by atoms with E-state index in [4.69, 9.17) is 9.47 Å². The molecule has 0 aromatic heterocycles. The number of carbonyl (C=O) groups is 4. The van der Waals surface area contributed by atoms with Crippen molar-refractivity contribution in [3.05, 3.63) is 35.6 Å². The lowest BCUT2D eigenvalue weighted by atomic mass is 10.0. The van der Waals surface area contributed by atoms with E-state index in [0.717, 1.165) is 11.8 Å². The van der Waals surface area contributed by atoms with Crippen LogP contribution >= 0.6 is 11.8 Å². The van der Waals surface area contributed by atoms with Crippen LogP contribution < -0.4 is 10.6 Å². The van der Waals surface area contributed by atoms with Crippen LogP contribution in [0, 0.1) is 11.7 Å². The van der Waals surface area contributed by atoms with E-state index < -0.39 is 34.6 Å². The molecule has 10 heteroatoms. The van der Waals surface area contributed by atoms with Gasteiger partial charge in [0.2, 0.25) is 11.8 Å². The summed E-state index contributed by atoms with van der Waals surface area (Å²) < 4.78 is 23.6. The van der Waals surface area contributed by atoms with Crippen molar-refractivity contribution in [3.63, 3.8) is 0 Å². The molecule has 33 heavy (non-hydrogen) atoms. The Bertz CT molecular complexity index is 829. The summed E-state index contributed by atoms with van der Waals surface area (Å²) >= 11 is 0.903. The fraction of sp³-hybridized carbons (Fsp3) is 0.565. The first-order valence-corrected chi connectivity index (χ1v) is 11.5. The van der Waals surface area contributed by atoms with Crippen molar-refractivity contribution in [2.75, 3.05) is 13.2 Å². The van der Waals surface area contributed by atoms with Crippen LogP contribution in [0.15, 0.2) is 24.3 Å². The van der Waals surface area contributed by atoms with Crippen LogP contribution in [0.3, 0.4) is 0 Å². The third-order valence-corrected chi connectivity index (χ3v) is 5.85. The van der Waals surface area contributed by atoms with E-state index in [1.165, 1.54) is 32.9 Å². The van der Waals surface area contributed by atoms with Gasteiger partial charge in [0.1, 0.15) is 11.4 Å². The van der Waals surface area contributed by atoms with Gasteiger partial charge in [-0.05, 0) is 44.4 Å². The van der Waals surface area contributed by atoms with E-state index in [-0.39, 0.29) is 36.7 Å². The molecule has 0 saturated heterocycles. The normalized spacial score (nSPS) is 13.2. The van der Waals surface area contributed by atoms with Gasteiger partial charge in [-0.25, -0.2) is 9.18 Å². The van der Waals surface area contributed by atoms with Gasteiger partial charge >= 0.3 is 5.97 Å². The van der Waals surface area contributed by atoms with Crippen LogP contribution in [-0.4, -0.2) is 52.9 Å². The number of thioether (sulfide) groups is 1. The number of ether oxygens (including phenoxy) is 2. The molecule has 1 aromatic carbocycles. The van der Waals surface area contributed by atoms with E-state index in [0.29, 0.717) is 5.56 Å². The topological polar surface area (TPSA) is 111 Å². The molecule has 2 amide bonds. The monoisotopic (exact) mass is 484 g/mol. The summed E-state index contributed by atoms with van der Waals surface area (Å²) in [5, 5.41) is 4.36. The molecule has 0 heterocycles. The summed E-state index contributed by atoms with van der Waals surface area (Å²) in [6.07, 6.45) is 0. The predicted molar refractivity (Wildman–Crippen MR) is 124 cm³/mol. The second kappa shape index (κ2) is 13.3. The van der Waals surface area contributed by atoms with Gasteiger partial charge in [-0.2, -0.15) is 0 Å². The van der Waals surface area contributed by atoms with Gasteiger partial charge in [0.25, 0.3) is 0 Å². The minimum absolute atomic E-state index is 0.102. The molecule has 1 aromatic rings. The summed E-state index contributed by atoms with van der Waals surface area (Å²) in [5.74, 6) is -2.26. The Labute approximate surface area is 198 Å². The average Bonchev–Trinajstić information content (AvgIpc) is 2.71. The first-order chi connectivity index (χ1) is 15.4. The molecule has 2 N–H and O–H groups in total. The summed E-state index contributed by atoms with van der Waals surface area (Å²) in [4.78, 5) is 49.4. The van der Waals surface area contributed by atoms with Gasteiger partial charge in [0.05, 0.1) is 25.1 Å². The highest BCUT2D eigenvalue weighted by Gasteiger charge is 2.36. The Morgan fingerprint density at radius 2 is 1.73 bits per heavy atom. The van der Waals surface area contributed by atoms with E-state index in [9.17, 15) is 23.6 Å². The maximum atomic E-state index is 13.0. The smallest absolute Gasteiger partial charge is 0.331 e. The van der Waals surface area contributed by atoms with Crippen molar-refractivity contribution >= 4 is 34.7 Å². The fourth-order valence-electron chi connectivity index (χ4n) is 2.73. The Hall–Kier alpha value is -2.46. The Balaban J connectivity index is 2.82. The molecule has 0 aliphatic heterocycles. The lowest BCUT2D eigenvalue weighted by molar-refractivity contribution is -0.150. The van der Waals surface area contributed by atoms with Crippen molar-refractivity contribution in [1.29, 1.82) is 0 Å². The molecule has 0 radical (unpaired) electrons. The number of hydrogen-bond donors (Lipinski definition) is 2. The van der Waals surface area contributed by atoms with Crippen LogP contribution in [0.4, 0.5) is 4.39 Å². The Morgan fingerprint density at radius 1 is 1.12 bits per heavy atom. The lowest BCUT2D eigenvalue weighted by Gasteiger charge is -2.30. The number of carbonyl (C=O) groups excluding carboxylic acids is 4. The molecule has 1 rings (SSSR count). The zero-order chi connectivity index (χ0) is 25.2. The quantitative estimate of drug-likeness (QED) is 0.439. The number of halogens is 1. The average molecular weight is 485 g/mol. The summed E-state index contributed by atoms with van der Waals surface area (Å²) in [6, 6.07) is 4.58. The van der Waals surface area contributed by atoms with Gasteiger partial charge in [0, 0.05) is 6.92 Å². The molecule has 0 saturated carbocycles. The molecule has 0 bridgehead atoms. The van der Waals surface area contributed by atoms with Gasteiger partial charge in [-0.1, -0.05) is 37.7 Å². The molecule has 0 unspecified atom stereocenters. The van der Waals surface area contributed by atoms with Crippen LogP contribution in [-0.2, 0) is 35.3 Å². The second-order valence-electron chi connectivity index (χ2n) is 8.31. The van der Waals surface area contributed by atoms with Crippen LogP contribution in [0.1, 0.15) is 47.1 Å². The van der Waals surface area contributed by atoms with Crippen molar-refractivity contribution in [2.24, 2.45) is 5.92 Å². The zero-order valence-electron chi connectivity index (χ0n) is 19.9. The van der Waals surface area contributed by atoms with Crippen molar-refractivity contribution in [3.8, 4) is 0 Å². The van der Waals surface area contributed by atoms with Crippen LogP contribution in [0.2, 0.25) is 0 Å². The van der Waals surface area contributed by atoms with E-state index in [2.05, 4.69) is 10.6 Å². The number of nitrogens with one attached hydrogen (secondary N) is 2. The number of rotatable bonds is 12. The zero-order valence-corrected chi connectivity index (χ0v) is 20.7. The molecule has 0 fully saturated rings. The van der Waals surface area contributed by atoms with Crippen molar-refractivity contribution < 1.29 is 33.0 Å². The summed E-state index contributed by atoms with van der Waals surface area (Å²) in [6.45, 7) is 9.66. The Morgan fingerprint density at radius 3 is 2.24 bits per heavy atom. The van der Waals surface area contributed by atoms with Crippen LogP contribution in [0.25, 0.3) is 0 Å². The second-order valence-corrected chi connectivity index (χ2v) is 9.63. The highest BCUT2D eigenvalue weighted by Crippen LogP contribution is 2.21. The first-order valence-electron chi connectivity index (χ1n) is 10.7. The molecular formula is C23H33FN2O6S. The van der Waals surface area contributed by atoms with Gasteiger partial charge in [-0.15, -0.1) is 0 Å². The number of hydrogen-bond acceptors (Lipinski definition) is 7. The molecule has 0 spiro atoms. The first kappa shape index (κ1) is 28.6. The maximum Gasteiger partial charge on any atom is 0.331 e. The van der Waals surface area contributed by atoms with Gasteiger partial charge in [-0.3, -0.25) is 14.4 Å². The standard InChI is InChI=1S/C23H33FN2O6S/c1-7-32-21(29)18(13-31-12-16-8-10-17(24)11-9-16)25-22(30)23(5,6)26-20(28)19(14(2)3)33-15(4)27/h8-11,14,18-19H,7,12-13H2,1-6H3,(H,25,30)(H,26,28)/t18-,19-/m0/s1. The molecule has 184 valence electrons. The van der Waals surface area contributed by atoms with Crippen molar-refractivity contribution in [2.45, 2.75) is 65.0 Å². The highest BCUT2D eigenvalue weighted by atomic mass is 32.2. The molecule has 0 aliphatic rings. The largest absolute Gasteiger partial charge is 0.464 e. The number of benzene rings is 1. The number of esters is 1. The van der Waals surface area contributed by atoms with Crippen molar-refractivity contribution in [1.82, 2.24) is 10.6 Å². The van der Waals surface area contributed by atoms with Crippen LogP contribution in [0.5, 0.6) is 0 Å². The van der Waals surface area contributed by atoms with E-state index >= 15 is 0 Å². The van der Waals surface area contributed by atoms with Gasteiger partial charge in [0.15, 0.2) is 11.2 Å². The highest BCUT2D eigenvalue weighted by molar-refractivity contribution is 8.14. The lowest BCUT2D eigenvalue weighted by Crippen LogP contribution is -2.60. The molecule has 8 nitrogen and oxygen atoms in total. The molecule has 2 atom stereocenters. The van der Waals surface area contributed by atoms with E-state index in [1.807, 2.05) is 13.8 Å². The SMILES string of the molecule is CCOC(=O)[C@H](COCc1ccc(F)cc1)NC(=O)C(C)(C)NC(=O)[C@@H](SC(C)=O)C(C)C. The van der Waals surface area contributed by atoms with Gasteiger partial charge < -0.3 is 20.1 Å². The minimum atomic E-state index is -1.37. The number of amides is 2. The maximum absolute atomic E-state index is 13.0. The summed E-state index contributed by atoms with van der Waals surface area (Å²) in [5.41, 5.74) is -0.677. The van der Waals surface area contributed by atoms with E-state index in [1.54, 1.807) is 19.1 Å². The minimum Gasteiger partial charge on any atom is -0.464 e. The predicted octanol–water partition coefficient (Wildman–Crippen LogP) is 2.59. The summed E-state index contributed by atoms with van der Waals surface area (Å²) in [7, 11) is 0. The fourth-order valence-corrected chi connectivity index (χ4v) is 3.53. The Kier molecular flexibility index (Phi) is 11.5. The third kappa shape index (κ3) is 9.91. The molecular weight excluding hydrogens is 451 g/mol. The third-order valence-electron chi connectivity index (χ3n) is 4.50. The molecule has 0 aliphatic carbocycles.